The average Bonchev–Trinajstić information content (AvgIpc) is 3.26. The van der Waals surface area contributed by atoms with Crippen molar-refractivity contribution >= 4 is 32.4 Å². The minimum atomic E-state index is -0.672. The Balaban J connectivity index is 1.46. The highest BCUT2D eigenvalue weighted by molar-refractivity contribution is 7.73. The predicted molar refractivity (Wildman–Crippen MR) is 158 cm³/mol. The summed E-state index contributed by atoms with van der Waals surface area (Å²) in [5, 5.41) is 2.69. The van der Waals surface area contributed by atoms with Crippen molar-refractivity contribution in [1.29, 1.82) is 0 Å². The second kappa shape index (κ2) is 12.1. The first-order valence-electron chi connectivity index (χ1n) is 14.2. The van der Waals surface area contributed by atoms with Crippen molar-refractivity contribution in [2.24, 2.45) is 5.73 Å². The van der Waals surface area contributed by atoms with E-state index < -0.39 is 13.5 Å². The van der Waals surface area contributed by atoms with Crippen LogP contribution in [0, 0.1) is 0 Å². The molecular weight excluding hydrogens is 478 g/mol. The molecule has 2 unspecified atom stereocenters. The lowest BCUT2D eigenvalue weighted by Gasteiger charge is -2.42. The Morgan fingerprint density at radius 2 is 1.28 bits per heavy atom. The fourth-order valence-electron chi connectivity index (χ4n) is 7.31. The number of carbonyl (C=O) groups is 1. The SMILES string of the molecule is CN1CC(P(C2CCCCC2)C2CCCCC2)CC1(CP(c1ccccc1)c1ccccc1)C(N)=O. The monoisotopic (exact) mass is 522 g/mol. The van der Waals surface area contributed by atoms with E-state index in [2.05, 4.69) is 72.6 Å². The Morgan fingerprint density at radius 3 is 1.72 bits per heavy atom. The fourth-order valence-corrected chi connectivity index (χ4v) is 14.7. The summed E-state index contributed by atoms with van der Waals surface area (Å²) in [6, 6.07) is 21.7. The number of carbonyl (C=O) groups excluding carboxylic acids is 1. The van der Waals surface area contributed by atoms with Crippen LogP contribution < -0.4 is 16.3 Å². The third-order valence-electron chi connectivity index (χ3n) is 9.22. The van der Waals surface area contributed by atoms with E-state index >= 15 is 0 Å². The number of nitrogens with two attached hydrogens (primary N) is 1. The molecule has 0 bridgehead atoms. The smallest absolute Gasteiger partial charge is 0.238 e. The molecule has 0 spiro atoms. The Labute approximate surface area is 221 Å². The first-order valence-corrected chi connectivity index (χ1v) is 17.3. The van der Waals surface area contributed by atoms with Crippen LogP contribution in [0.1, 0.15) is 70.6 Å². The van der Waals surface area contributed by atoms with E-state index in [4.69, 9.17) is 5.73 Å². The van der Waals surface area contributed by atoms with Crippen molar-refractivity contribution < 1.29 is 4.79 Å². The summed E-state index contributed by atoms with van der Waals surface area (Å²) < 4.78 is 0. The average molecular weight is 523 g/mol. The number of primary amides is 1. The first-order chi connectivity index (χ1) is 17.6. The molecule has 1 saturated heterocycles. The predicted octanol–water partition coefficient (Wildman–Crippen LogP) is 6.19. The van der Waals surface area contributed by atoms with Gasteiger partial charge in [0.25, 0.3) is 0 Å². The topological polar surface area (TPSA) is 46.3 Å². The van der Waals surface area contributed by atoms with Gasteiger partial charge in [0.2, 0.25) is 5.91 Å². The molecule has 1 aliphatic heterocycles. The molecule has 0 radical (unpaired) electrons. The van der Waals surface area contributed by atoms with Crippen LogP contribution in [0.15, 0.2) is 60.7 Å². The summed E-state index contributed by atoms with van der Waals surface area (Å²) in [6.07, 6.45) is 16.0. The molecule has 3 nitrogen and oxygen atoms in total. The van der Waals surface area contributed by atoms with Crippen molar-refractivity contribution in [1.82, 2.24) is 4.90 Å². The van der Waals surface area contributed by atoms with Crippen molar-refractivity contribution in [3.63, 3.8) is 0 Å². The van der Waals surface area contributed by atoms with Gasteiger partial charge in [-0.25, -0.2) is 0 Å². The molecule has 2 aromatic rings. The van der Waals surface area contributed by atoms with Crippen LogP contribution in [0.4, 0.5) is 0 Å². The molecule has 2 saturated carbocycles. The molecule has 2 aliphatic carbocycles. The molecule has 2 N–H and O–H groups in total. The molecule has 194 valence electrons. The van der Waals surface area contributed by atoms with Gasteiger partial charge in [-0.15, -0.1) is 0 Å². The van der Waals surface area contributed by atoms with Crippen LogP contribution in [-0.2, 0) is 4.79 Å². The van der Waals surface area contributed by atoms with E-state index in [9.17, 15) is 4.79 Å². The number of likely N-dealkylation sites (N-methyl/N-ethyl adjacent to an activating group) is 1. The summed E-state index contributed by atoms with van der Waals surface area (Å²) in [5.74, 6) is -0.103. The van der Waals surface area contributed by atoms with Gasteiger partial charge in [0.15, 0.2) is 0 Å². The van der Waals surface area contributed by atoms with Gasteiger partial charge in [-0.1, -0.05) is 107 Å². The van der Waals surface area contributed by atoms with Gasteiger partial charge in [0, 0.05) is 12.7 Å². The van der Waals surface area contributed by atoms with Gasteiger partial charge < -0.3 is 5.73 Å². The van der Waals surface area contributed by atoms with Crippen LogP contribution >= 0.6 is 15.8 Å². The quantitative estimate of drug-likeness (QED) is 0.420. The van der Waals surface area contributed by atoms with Crippen LogP contribution in [-0.4, -0.2) is 53.1 Å². The summed E-state index contributed by atoms with van der Waals surface area (Å²) >= 11 is 0. The van der Waals surface area contributed by atoms with Gasteiger partial charge in [0.05, 0.1) is 0 Å². The Morgan fingerprint density at radius 1 is 0.806 bits per heavy atom. The van der Waals surface area contributed by atoms with Crippen molar-refractivity contribution in [3.8, 4) is 0 Å². The molecule has 2 atom stereocenters. The Hall–Kier alpha value is -1.27. The lowest BCUT2D eigenvalue weighted by molar-refractivity contribution is -0.126. The van der Waals surface area contributed by atoms with E-state index in [0.29, 0.717) is 5.66 Å². The van der Waals surface area contributed by atoms with Crippen LogP contribution in [0.3, 0.4) is 0 Å². The van der Waals surface area contributed by atoms with Gasteiger partial charge in [-0.2, -0.15) is 0 Å². The van der Waals surface area contributed by atoms with E-state index in [0.717, 1.165) is 30.4 Å². The molecule has 2 aromatic carbocycles. The minimum Gasteiger partial charge on any atom is -0.368 e. The zero-order chi connectivity index (χ0) is 25.0. The number of likely N-dealkylation sites (tertiary alicyclic amines) is 1. The highest BCUT2D eigenvalue weighted by Crippen LogP contribution is 2.62. The van der Waals surface area contributed by atoms with Crippen molar-refractivity contribution in [2.75, 3.05) is 19.8 Å². The number of amides is 1. The minimum absolute atomic E-state index is 0.0837. The molecular formula is C31H44N2OP2. The molecule has 5 heteroatoms. The molecule has 1 heterocycles. The molecule has 3 fully saturated rings. The fraction of sp³-hybridized carbons (Fsp3) is 0.581. The van der Waals surface area contributed by atoms with Gasteiger partial charge in [-0.3, -0.25) is 9.69 Å². The van der Waals surface area contributed by atoms with Crippen LogP contribution in [0.5, 0.6) is 0 Å². The number of hydrogen-bond donors (Lipinski definition) is 1. The number of nitrogens with zero attached hydrogens (tertiary/aromatic N) is 1. The largest absolute Gasteiger partial charge is 0.368 e. The molecule has 36 heavy (non-hydrogen) atoms. The second-order valence-corrected chi connectivity index (χ2v) is 16.7. The third kappa shape index (κ3) is 5.60. The first kappa shape index (κ1) is 26.3. The van der Waals surface area contributed by atoms with Crippen LogP contribution in [0.2, 0.25) is 0 Å². The van der Waals surface area contributed by atoms with Gasteiger partial charge in [0.1, 0.15) is 5.54 Å². The maximum Gasteiger partial charge on any atom is 0.238 e. The van der Waals surface area contributed by atoms with E-state index in [1.165, 1.54) is 74.8 Å². The summed E-state index contributed by atoms with van der Waals surface area (Å²) in [4.78, 5) is 15.9. The highest BCUT2D eigenvalue weighted by atomic mass is 31.1. The van der Waals surface area contributed by atoms with Gasteiger partial charge >= 0.3 is 0 Å². The molecule has 3 aliphatic rings. The molecule has 1 amide bonds. The van der Waals surface area contributed by atoms with E-state index in [1.807, 2.05) is 0 Å². The summed E-state index contributed by atoms with van der Waals surface area (Å²) in [5.41, 5.74) is 8.29. The molecule has 5 rings (SSSR count). The van der Waals surface area contributed by atoms with Crippen LogP contribution in [0.25, 0.3) is 0 Å². The highest BCUT2D eigenvalue weighted by Gasteiger charge is 2.53. The maximum atomic E-state index is 13.5. The lowest BCUT2D eigenvalue weighted by atomic mass is 9.98. The van der Waals surface area contributed by atoms with Crippen molar-refractivity contribution in [2.45, 2.75) is 93.1 Å². The van der Waals surface area contributed by atoms with Gasteiger partial charge in [-0.05, 0) is 74.7 Å². The number of hydrogen-bond acceptors (Lipinski definition) is 2. The normalized spacial score (nSPS) is 26.6. The zero-order valence-electron chi connectivity index (χ0n) is 22.0. The summed E-state index contributed by atoms with van der Waals surface area (Å²) in [6.45, 7) is 1.05. The number of benzene rings is 2. The molecule has 0 aromatic heterocycles. The second-order valence-electron chi connectivity index (χ2n) is 11.4. The number of rotatable bonds is 8. The Kier molecular flexibility index (Phi) is 8.83. The van der Waals surface area contributed by atoms with E-state index in [-0.39, 0.29) is 13.8 Å². The third-order valence-corrected chi connectivity index (χ3v) is 15.8. The van der Waals surface area contributed by atoms with Crippen molar-refractivity contribution in [3.05, 3.63) is 60.7 Å². The van der Waals surface area contributed by atoms with E-state index in [1.54, 1.807) is 0 Å². The maximum absolute atomic E-state index is 13.5. The summed E-state index contributed by atoms with van der Waals surface area (Å²) in [7, 11) is 1.44. The zero-order valence-corrected chi connectivity index (χ0v) is 23.8. The Bertz CT molecular complexity index is 917. The lowest BCUT2D eigenvalue weighted by Crippen LogP contribution is -2.55. The standard InChI is InChI=1S/C31H44N2OP2/c1-33-23-29(36(27-18-10-4-11-19-27)28-20-12-5-13-21-28)22-31(33,30(32)34)24-35(25-14-6-2-7-15-25)26-16-8-3-9-17-26/h2-3,6-9,14-17,27-29H,4-5,10-13,18-24H2,1H3,(H2,32,34).